The number of hydrogen-bond donors (Lipinski definition) is 3. The Bertz CT molecular complexity index is 1080. The van der Waals surface area contributed by atoms with Crippen molar-refractivity contribution in [2.75, 3.05) is 19.7 Å². The zero-order chi connectivity index (χ0) is 28.4. The molecule has 3 rings (SSSR count). The predicted octanol–water partition coefficient (Wildman–Crippen LogP) is 2.75. The van der Waals surface area contributed by atoms with Gasteiger partial charge in [-0.15, -0.1) is 0 Å². The third-order valence-corrected chi connectivity index (χ3v) is 6.62. The number of benzene rings is 1. The van der Waals surface area contributed by atoms with E-state index >= 15 is 0 Å². The SMILES string of the molecule is CCOC(=O)[C@H]1CN(C(=O)[C@@H](NC(=O)NC(C)(C)C)C(C)(C)C)C[C@@H]1NC(=O)N1Cc2cccc(F)c2C1. The van der Waals surface area contributed by atoms with Crippen LogP contribution in [0.3, 0.4) is 0 Å². The summed E-state index contributed by atoms with van der Waals surface area (Å²) in [7, 11) is 0. The van der Waals surface area contributed by atoms with Crippen molar-refractivity contribution in [2.24, 2.45) is 11.3 Å². The molecule has 1 fully saturated rings. The quantitative estimate of drug-likeness (QED) is 0.503. The summed E-state index contributed by atoms with van der Waals surface area (Å²) in [6, 6.07) is 2.23. The molecule has 1 aromatic rings. The van der Waals surface area contributed by atoms with Gasteiger partial charge in [0.25, 0.3) is 0 Å². The van der Waals surface area contributed by atoms with E-state index in [1.165, 1.54) is 15.9 Å². The van der Waals surface area contributed by atoms with E-state index in [0.29, 0.717) is 5.56 Å². The number of carbonyl (C=O) groups excluding carboxylic acids is 4. The Morgan fingerprint density at radius 3 is 2.32 bits per heavy atom. The van der Waals surface area contributed by atoms with Gasteiger partial charge < -0.3 is 30.5 Å². The Labute approximate surface area is 223 Å². The van der Waals surface area contributed by atoms with Crippen molar-refractivity contribution in [1.82, 2.24) is 25.8 Å². The van der Waals surface area contributed by atoms with E-state index in [4.69, 9.17) is 4.74 Å². The van der Waals surface area contributed by atoms with E-state index in [0.717, 1.165) is 5.56 Å². The van der Waals surface area contributed by atoms with Gasteiger partial charge in [-0.1, -0.05) is 32.9 Å². The number of halogens is 1. The monoisotopic (exact) mass is 533 g/mol. The van der Waals surface area contributed by atoms with E-state index in [9.17, 15) is 23.6 Å². The fourth-order valence-electron chi connectivity index (χ4n) is 4.73. The molecule has 0 spiro atoms. The molecule has 3 N–H and O–H groups in total. The zero-order valence-electron chi connectivity index (χ0n) is 23.3. The standard InChI is InChI=1S/C27H40FN5O5/c1-8-38-23(35)18-14-32(22(34)21(26(2,3)4)30-24(36)31-27(5,6)7)15-20(18)29-25(37)33-12-16-10-9-11-19(28)17(16)13-33/h9-11,18,20-21H,8,12-15H2,1-7H3,(H,29,37)(H2,30,31,36)/t18-,20-,21+/m0/s1. The van der Waals surface area contributed by atoms with Crippen LogP contribution >= 0.6 is 0 Å². The van der Waals surface area contributed by atoms with Crippen molar-refractivity contribution in [3.05, 3.63) is 35.1 Å². The molecule has 3 atom stereocenters. The number of nitrogens with one attached hydrogen (secondary N) is 3. The molecule has 0 radical (unpaired) electrons. The van der Waals surface area contributed by atoms with E-state index in [-0.39, 0.29) is 44.5 Å². The Hall–Kier alpha value is -3.37. The number of urea groups is 2. The minimum absolute atomic E-state index is 0.0343. The van der Waals surface area contributed by atoms with Crippen LogP contribution in [0.15, 0.2) is 18.2 Å². The molecular formula is C27H40FN5O5. The van der Waals surface area contributed by atoms with Gasteiger partial charge in [0.15, 0.2) is 0 Å². The number of hydrogen-bond acceptors (Lipinski definition) is 5. The molecule has 210 valence electrons. The van der Waals surface area contributed by atoms with E-state index < -0.39 is 47.0 Å². The lowest BCUT2D eigenvalue weighted by molar-refractivity contribution is -0.148. The minimum Gasteiger partial charge on any atom is -0.466 e. The van der Waals surface area contributed by atoms with E-state index in [1.807, 2.05) is 41.5 Å². The van der Waals surface area contributed by atoms with E-state index in [2.05, 4.69) is 16.0 Å². The summed E-state index contributed by atoms with van der Waals surface area (Å²) in [4.78, 5) is 55.1. The molecule has 0 saturated carbocycles. The molecular weight excluding hydrogens is 493 g/mol. The molecule has 10 nitrogen and oxygen atoms in total. The lowest BCUT2D eigenvalue weighted by Crippen LogP contribution is -2.58. The molecule has 38 heavy (non-hydrogen) atoms. The fraction of sp³-hybridized carbons (Fsp3) is 0.630. The first-order valence-corrected chi connectivity index (χ1v) is 13.0. The predicted molar refractivity (Wildman–Crippen MR) is 139 cm³/mol. The summed E-state index contributed by atoms with van der Waals surface area (Å²) in [6.45, 7) is 13.4. The van der Waals surface area contributed by atoms with Crippen molar-refractivity contribution in [1.29, 1.82) is 0 Å². The molecule has 0 aromatic heterocycles. The highest BCUT2D eigenvalue weighted by atomic mass is 19.1. The number of amides is 5. The van der Waals surface area contributed by atoms with Gasteiger partial charge in [-0.2, -0.15) is 0 Å². The summed E-state index contributed by atoms with van der Waals surface area (Å²) in [6.07, 6.45) is 0. The van der Waals surface area contributed by atoms with Gasteiger partial charge in [-0.05, 0) is 44.7 Å². The average Bonchev–Trinajstić information content (AvgIpc) is 3.41. The largest absolute Gasteiger partial charge is 0.466 e. The number of fused-ring (bicyclic) bond motifs is 1. The van der Waals surface area contributed by atoms with Gasteiger partial charge in [0, 0.05) is 30.7 Å². The van der Waals surface area contributed by atoms with Crippen LogP contribution in [-0.2, 0) is 27.4 Å². The first-order chi connectivity index (χ1) is 17.6. The Morgan fingerprint density at radius 1 is 1.05 bits per heavy atom. The van der Waals surface area contributed by atoms with Crippen molar-refractivity contribution in [3.8, 4) is 0 Å². The highest BCUT2D eigenvalue weighted by Crippen LogP contribution is 2.28. The highest BCUT2D eigenvalue weighted by Gasteiger charge is 2.45. The lowest BCUT2D eigenvalue weighted by Gasteiger charge is -2.34. The molecule has 0 bridgehead atoms. The molecule has 1 saturated heterocycles. The number of esters is 1. The third kappa shape index (κ3) is 6.93. The summed E-state index contributed by atoms with van der Waals surface area (Å²) in [5.74, 6) is -2.03. The smallest absolute Gasteiger partial charge is 0.318 e. The van der Waals surface area contributed by atoms with Crippen LogP contribution in [0.2, 0.25) is 0 Å². The zero-order valence-corrected chi connectivity index (χ0v) is 23.3. The number of carbonyl (C=O) groups is 4. The Balaban J connectivity index is 1.75. The third-order valence-electron chi connectivity index (χ3n) is 6.62. The Morgan fingerprint density at radius 2 is 1.74 bits per heavy atom. The van der Waals surface area contributed by atoms with Crippen LogP contribution in [0.25, 0.3) is 0 Å². The normalized spacial score (nSPS) is 20.0. The molecule has 1 aromatic carbocycles. The molecule has 0 unspecified atom stereocenters. The summed E-state index contributed by atoms with van der Waals surface area (Å²) in [5, 5.41) is 8.46. The second-order valence-electron chi connectivity index (χ2n) is 12.0. The molecule has 2 heterocycles. The first kappa shape index (κ1) is 29.2. The molecule has 2 aliphatic heterocycles. The van der Waals surface area contributed by atoms with Crippen LogP contribution < -0.4 is 16.0 Å². The summed E-state index contributed by atoms with van der Waals surface area (Å²) >= 11 is 0. The number of nitrogens with zero attached hydrogens (tertiary/aromatic N) is 2. The Kier molecular flexibility index (Phi) is 8.58. The van der Waals surface area contributed by atoms with Crippen LogP contribution in [0.4, 0.5) is 14.0 Å². The maximum Gasteiger partial charge on any atom is 0.318 e. The van der Waals surface area contributed by atoms with E-state index in [1.54, 1.807) is 19.1 Å². The highest BCUT2D eigenvalue weighted by molar-refractivity contribution is 5.89. The molecule has 11 heteroatoms. The average molecular weight is 534 g/mol. The maximum absolute atomic E-state index is 14.2. The van der Waals surface area contributed by atoms with Crippen LogP contribution in [0.5, 0.6) is 0 Å². The second kappa shape index (κ2) is 11.2. The van der Waals surface area contributed by atoms with Crippen molar-refractivity contribution in [2.45, 2.75) is 79.2 Å². The second-order valence-corrected chi connectivity index (χ2v) is 12.0. The fourth-order valence-corrected chi connectivity index (χ4v) is 4.73. The summed E-state index contributed by atoms with van der Waals surface area (Å²) < 4.78 is 19.4. The molecule has 0 aliphatic carbocycles. The van der Waals surface area contributed by atoms with Crippen LogP contribution in [0, 0.1) is 17.2 Å². The van der Waals surface area contributed by atoms with Gasteiger partial charge >= 0.3 is 18.0 Å². The van der Waals surface area contributed by atoms with Gasteiger partial charge in [0.05, 0.1) is 25.1 Å². The minimum atomic E-state index is -0.877. The van der Waals surface area contributed by atoms with Crippen LogP contribution in [-0.4, -0.2) is 71.1 Å². The lowest BCUT2D eigenvalue weighted by atomic mass is 9.86. The van der Waals surface area contributed by atoms with Gasteiger partial charge in [-0.3, -0.25) is 9.59 Å². The van der Waals surface area contributed by atoms with Crippen molar-refractivity contribution in [3.63, 3.8) is 0 Å². The summed E-state index contributed by atoms with van der Waals surface area (Å²) in [5.41, 5.74) is 0.0860. The number of likely N-dealkylation sites (tertiary alicyclic amines) is 1. The number of ether oxygens (including phenoxy) is 1. The maximum atomic E-state index is 14.2. The molecule has 5 amide bonds. The van der Waals surface area contributed by atoms with Crippen molar-refractivity contribution < 1.29 is 28.3 Å². The van der Waals surface area contributed by atoms with Crippen LogP contribution in [0.1, 0.15) is 59.6 Å². The topological polar surface area (TPSA) is 120 Å². The van der Waals surface area contributed by atoms with Gasteiger partial charge in [0.2, 0.25) is 5.91 Å². The number of rotatable bonds is 5. The van der Waals surface area contributed by atoms with Gasteiger partial charge in [0.1, 0.15) is 11.9 Å². The van der Waals surface area contributed by atoms with Gasteiger partial charge in [-0.25, -0.2) is 14.0 Å². The molecule has 2 aliphatic rings. The van der Waals surface area contributed by atoms with Crippen molar-refractivity contribution >= 4 is 23.9 Å². The first-order valence-electron chi connectivity index (χ1n) is 13.0.